The first-order valence-corrected chi connectivity index (χ1v) is 11.5. The van der Waals surface area contributed by atoms with E-state index in [0.29, 0.717) is 27.4 Å². The Hall–Kier alpha value is -1.63. The van der Waals surface area contributed by atoms with Gasteiger partial charge >= 0.3 is 0 Å². The summed E-state index contributed by atoms with van der Waals surface area (Å²) in [7, 11) is -4.00. The second-order valence-electron chi connectivity index (χ2n) is 6.39. The van der Waals surface area contributed by atoms with Gasteiger partial charge in [-0.3, -0.25) is 0 Å². The standard InChI is InChI=1S/C19H15BrCl2FN3O2S/c1-2-14(25-29(27,28)19-16(21)5-12(20)6-17(19)22)10-26-9-11(8-24)15-7-13(23)3-4-18(15)26/h3-7,9,14,25H,2,10H2,1H3. The summed E-state index contributed by atoms with van der Waals surface area (Å²) in [6.45, 7) is 2.07. The van der Waals surface area contributed by atoms with Crippen molar-refractivity contribution < 1.29 is 12.8 Å². The van der Waals surface area contributed by atoms with Gasteiger partial charge in [0.1, 0.15) is 16.8 Å². The third kappa shape index (κ3) is 4.60. The van der Waals surface area contributed by atoms with E-state index in [2.05, 4.69) is 20.7 Å². The zero-order valence-corrected chi connectivity index (χ0v) is 19.0. The van der Waals surface area contributed by atoms with Gasteiger partial charge in [0.25, 0.3) is 0 Å². The highest BCUT2D eigenvalue weighted by molar-refractivity contribution is 9.10. The SMILES string of the molecule is CCC(Cn1cc(C#N)c2cc(F)ccc21)NS(=O)(=O)c1c(Cl)cc(Br)cc1Cl. The Morgan fingerprint density at radius 2 is 1.93 bits per heavy atom. The third-order valence-electron chi connectivity index (χ3n) is 4.43. The van der Waals surface area contributed by atoms with E-state index in [9.17, 15) is 18.1 Å². The molecular weight excluding hydrogens is 504 g/mol. The van der Waals surface area contributed by atoms with Crippen molar-refractivity contribution in [3.8, 4) is 6.07 Å². The van der Waals surface area contributed by atoms with Gasteiger partial charge in [0.2, 0.25) is 10.0 Å². The lowest BCUT2D eigenvalue weighted by Gasteiger charge is -2.19. The first-order valence-electron chi connectivity index (χ1n) is 8.51. The molecule has 152 valence electrons. The van der Waals surface area contributed by atoms with Crippen LogP contribution in [0.25, 0.3) is 10.9 Å². The maximum absolute atomic E-state index is 13.6. The van der Waals surface area contributed by atoms with Crippen molar-refractivity contribution in [2.75, 3.05) is 0 Å². The van der Waals surface area contributed by atoms with Gasteiger partial charge in [0, 0.05) is 34.2 Å². The van der Waals surface area contributed by atoms with Crippen LogP contribution in [0, 0.1) is 17.1 Å². The average Bonchev–Trinajstić information content (AvgIpc) is 2.96. The molecule has 0 radical (unpaired) electrons. The van der Waals surface area contributed by atoms with E-state index in [4.69, 9.17) is 23.2 Å². The first kappa shape index (κ1) is 22.1. The molecule has 0 aliphatic carbocycles. The quantitative estimate of drug-likeness (QED) is 0.469. The molecule has 1 unspecified atom stereocenters. The van der Waals surface area contributed by atoms with Crippen LogP contribution in [-0.2, 0) is 16.6 Å². The van der Waals surface area contributed by atoms with E-state index in [0.717, 1.165) is 0 Å². The number of rotatable bonds is 6. The normalized spacial score (nSPS) is 12.8. The second-order valence-corrected chi connectivity index (χ2v) is 9.77. The van der Waals surface area contributed by atoms with E-state index in [1.165, 1.54) is 24.3 Å². The van der Waals surface area contributed by atoms with Crippen molar-refractivity contribution in [2.24, 2.45) is 0 Å². The van der Waals surface area contributed by atoms with Gasteiger partial charge in [0.15, 0.2) is 0 Å². The van der Waals surface area contributed by atoms with Gasteiger partial charge < -0.3 is 4.57 Å². The van der Waals surface area contributed by atoms with Crippen LogP contribution in [-0.4, -0.2) is 19.0 Å². The zero-order valence-electron chi connectivity index (χ0n) is 15.1. The van der Waals surface area contributed by atoms with Crippen molar-refractivity contribution >= 4 is 60.1 Å². The molecule has 1 atom stereocenters. The minimum Gasteiger partial charge on any atom is -0.345 e. The summed E-state index contributed by atoms with van der Waals surface area (Å²) in [5.41, 5.74) is 0.955. The number of benzene rings is 2. The smallest absolute Gasteiger partial charge is 0.243 e. The predicted octanol–water partition coefficient (Wildman–Crippen LogP) is 5.48. The molecule has 3 rings (SSSR count). The van der Waals surface area contributed by atoms with Gasteiger partial charge in [-0.25, -0.2) is 17.5 Å². The summed E-state index contributed by atoms with van der Waals surface area (Å²) in [5, 5.41) is 9.80. The van der Waals surface area contributed by atoms with Crippen molar-refractivity contribution in [3.05, 3.63) is 62.4 Å². The lowest BCUT2D eigenvalue weighted by molar-refractivity contribution is 0.491. The molecule has 0 amide bonds. The maximum atomic E-state index is 13.6. The Morgan fingerprint density at radius 3 is 2.52 bits per heavy atom. The van der Waals surface area contributed by atoms with E-state index >= 15 is 0 Å². The minimum atomic E-state index is -4.00. The zero-order chi connectivity index (χ0) is 21.3. The lowest BCUT2D eigenvalue weighted by atomic mass is 10.2. The van der Waals surface area contributed by atoms with Crippen LogP contribution in [0.4, 0.5) is 4.39 Å². The molecular formula is C19H15BrCl2FN3O2S. The van der Waals surface area contributed by atoms with E-state index in [1.54, 1.807) is 16.8 Å². The van der Waals surface area contributed by atoms with Crippen LogP contribution < -0.4 is 4.72 Å². The highest BCUT2D eigenvalue weighted by Gasteiger charge is 2.26. The minimum absolute atomic E-state index is 0.000356. The Kier molecular flexibility index (Phi) is 6.56. The van der Waals surface area contributed by atoms with Crippen LogP contribution in [0.2, 0.25) is 10.0 Å². The van der Waals surface area contributed by atoms with Gasteiger partial charge in [-0.1, -0.05) is 46.1 Å². The maximum Gasteiger partial charge on any atom is 0.243 e. The molecule has 0 fully saturated rings. The number of halogens is 4. The second kappa shape index (κ2) is 8.62. The number of fused-ring (bicyclic) bond motifs is 1. The van der Waals surface area contributed by atoms with Gasteiger partial charge in [-0.15, -0.1) is 0 Å². The summed E-state index contributed by atoms with van der Waals surface area (Å²) < 4.78 is 44.3. The van der Waals surface area contributed by atoms with Crippen molar-refractivity contribution in [1.82, 2.24) is 9.29 Å². The lowest BCUT2D eigenvalue weighted by Crippen LogP contribution is -2.37. The van der Waals surface area contributed by atoms with Crippen molar-refractivity contribution in [3.63, 3.8) is 0 Å². The molecule has 2 aromatic carbocycles. The highest BCUT2D eigenvalue weighted by atomic mass is 79.9. The average molecular weight is 519 g/mol. The Bertz CT molecular complexity index is 1220. The number of sulfonamides is 1. The number of aromatic nitrogens is 1. The third-order valence-corrected chi connectivity index (χ3v) is 7.33. The Balaban J connectivity index is 1.94. The number of nitrogens with one attached hydrogen (secondary N) is 1. The van der Waals surface area contributed by atoms with Gasteiger partial charge in [-0.05, 0) is 36.8 Å². The molecule has 1 heterocycles. The molecule has 0 saturated heterocycles. The van der Waals surface area contributed by atoms with Crippen LogP contribution >= 0.6 is 39.1 Å². The summed E-state index contributed by atoms with van der Waals surface area (Å²) in [6.07, 6.45) is 2.05. The fraction of sp³-hybridized carbons (Fsp3) is 0.211. The van der Waals surface area contributed by atoms with Crippen LogP contribution in [0.1, 0.15) is 18.9 Å². The molecule has 3 aromatic rings. The molecule has 0 spiro atoms. The summed E-state index contributed by atoms with van der Waals surface area (Å²) in [5.74, 6) is -0.445. The molecule has 0 bridgehead atoms. The topological polar surface area (TPSA) is 74.9 Å². The van der Waals surface area contributed by atoms with Crippen molar-refractivity contribution in [2.45, 2.75) is 30.8 Å². The summed E-state index contributed by atoms with van der Waals surface area (Å²) in [4.78, 5) is -0.195. The number of nitrogens with zero attached hydrogens (tertiary/aromatic N) is 2. The van der Waals surface area contributed by atoms with E-state index in [-0.39, 0.29) is 21.5 Å². The monoisotopic (exact) mass is 517 g/mol. The van der Waals surface area contributed by atoms with Crippen LogP contribution in [0.15, 0.2) is 45.9 Å². The fourth-order valence-corrected chi connectivity index (χ4v) is 6.31. The highest BCUT2D eigenvalue weighted by Crippen LogP contribution is 2.33. The predicted molar refractivity (Wildman–Crippen MR) is 115 cm³/mol. The van der Waals surface area contributed by atoms with Gasteiger partial charge in [0.05, 0.1) is 15.6 Å². The summed E-state index contributed by atoms with van der Waals surface area (Å²) in [6, 6.07) is 8.59. The fourth-order valence-electron chi connectivity index (χ4n) is 3.06. The number of nitriles is 1. The van der Waals surface area contributed by atoms with Gasteiger partial charge in [-0.2, -0.15) is 5.26 Å². The van der Waals surface area contributed by atoms with E-state index in [1.807, 2.05) is 13.0 Å². The Labute approximate surface area is 186 Å². The molecule has 0 aliphatic heterocycles. The Morgan fingerprint density at radius 1 is 1.28 bits per heavy atom. The van der Waals surface area contributed by atoms with E-state index < -0.39 is 21.9 Å². The largest absolute Gasteiger partial charge is 0.345 e. The number of hydrogen-bond acceptors (Lipinski definition) is 3. The number of hydrogen-bond donors (Lipinski definition) is 1. The van der Waals surface area contributed by atoms with Crippen LogP contribution in [0.3, 0.4) is 0 Å². The molecule has 29 heavy (non-hydrogen) atoms. The molecule has 1 N–H and O–H groups in total. The van der Waals surface area contributed by atoms with Crippen LogP contribution in [0.5, 0.6) is 0 Å². The first-order chi connectivity index (χ1) is 13.7. The molecule has 5 nitrogen and oxygen atoms in total. The molecule has 1 aromatic heterocycles. The molecule has 10 heteroatoms. The molecule has 0 aliphatic rings. The molecule has 0 saturated carbocycles. The summed E-state index contributed by atoms with van der Waals surface area (Å²) >= 11 is 15.4. The van der Waals surface area contributed by atoms with Crippen molar-refractivity contribution in [1.29, 1.82) is 5.26 Å².